The molecule has 1 fully saturated rings. The Bertz CT molecular complexity index is 625. The monoisotopic (exact) mass is 314 g/mol. The Morgan fingerprint density at radius 2 is 1.96 bits per heavy atom. The second kappa shape index (κ2) is 7.37. The zero-order valence-electron chi connectivity index (χ0n) is 13.4. The van der Waals surface area contributed by atoms with E-state index in [0.717, 1.165) is 37.1 Å². The number of likely N-dealkylation sites (tertiary alicyclic amines) is 1. The minimum absolute atomic E-state index is 0.112. The number of nitrogens with zero attached hydrogens (tertiary/aromatic N) is 4. The molecule has 0 aliphatic carbocycles. The molecule has 1 saturated heterocycles. The van der Waals surface area contributed by atoms with Gasteiger partial charge >= 0.3 is 0 Å². The molecule has 122 valence electrons. The zero-order chi connectivity index (χ0) is 16.1. The predicted molar refractivity (Wildman–Crippen MR) is 86.5 cm³/mol. The summed E-state index contributed by atoms with van der Waals surface area (Å²) >= 11 is 0. The highest BCUT2D eigenvalue weighted by molar-refractivity contribution is 5.94. The number of aromatic nitrogens is 3. The molecule has 1 aliphatic heterocycles. The maximum absolute atomic E-state index is 12.8. The van der Waals surface area contributed by atoms with Gasteiger partial charge in [-0.3, -0.25) is 9.36 Å². The van der Waals surface area contributed by atoms with Gasteiger partial charge in [0.15, 0.2) is 0 Å². The van der Waals surface area contributed by atoms with E-state index in [2.05, 4.69) is 10.2 Å². The average molecular weight is 314 g/mol. The van der Waals surface area contributed by atoms with E-state index in [-0.39, 0.29) is 11.9 Å². The second-order valence-electron chi connectivity index (χ2n) is 5.85. The van der Waals surface area contributed by atoms with E-state index in [9.17, 15) is 4.79 Å². The molecule has 1 aromatic heterocycles. The van der Waals surface area contributed by atoms with Gasteiger partial charge in [0.1, 0.15) is 12.7 Å². The summed E-state index contributed by atoms with van der Waals surface area (Å²) in [5.41, 5.74) is 1.67. The number of rotatable bonds is 5. The number of methoxy groups -OCH3 is 1. The minimum Gasteiger partial charge on any atom is -0.385 e. The summed E-state index contributed by atoms with van der Waals surface area (Å²) in [5.74, 6) is 0.112. The van der Waals surface area contributed by atoms with Crippen LogP contribution < -0.4 is 0 Å². The molecular formula is C17H22N4O2. The van der Waals surface area contributed by atoms with Gasteiger partial charge in [0.05, 0.1) is 0 Å². The Labute approximate surface area is 136 Å². The van der Waals surface area contributed by atoms with Crippen LogP contribution in [-0.4, -0.2) is 51.9 Å². The van der Waals surface area contributed by atoms with Crippen molar-refractivity contribution in [3.63, 3.8) is 0 Å². The third-order valence-corrected chi connectivity index (χ3v) is 4.37. The molecule has 0 N–H and O–H groups in total. The second-order valence-corrected chi connectivity index (χ2v) is 5.85. The first-order chi connectivity index (χ1) is 11.3. The van der Waals surface area contributed by atoms with Gasteiger partial charge in [-0.1, -0.05) is 0 Å². The third-order valence-electron chi connectivity index (χ3n) is 4.37. The number of ether oxygens (including phenoxy) is 1. The summed E-state index contributed by atoms with van der Waals surface area (Å²) in [4.78, 5) is 14.8. The van der Waals surface area contributed by atoms with Crippen LogP contribution in [0, 0.1) is 0 Å². The summed E-state index contributed by atoms with van der Waals surface area (Å²) < 4.78 is 7.00. The Balaban J connectivity index is 1.73. The van der Waals surface area contributed by atoms with Gasteiger partial charge in [0.2, 0.25) is 0 Å². The van der Waals surface area contributed by atoms with Crippen molar-refractivity contribution >= 4 is 5.91 Å². The van der Waals surface area contributed by atoms with Crippen molar-refractivity contribution in [1.29, 1.82) is 0 Å². The zero-order valence-corrected chi connectivity index (χ0v) is 13.4. The lowest BCUT2D eigenvalue weighted by atomic mass is 9.98. The van der Waals surface area contributed by atoms with Gasteiger partial charge in [-0.25, -0.2) is 0 Å². The van der Waals surface area contributed by atoms with Gasteiger partial charge in [0.25, 0.3) is 5.91 Å². The standard InChI is InChI=1S/C17H22N4O2/c1-23-11-9-16-4-2-3-10-21(16)17(22)14-5-7-15(8-6-14)20-12-18-19-13-20/h5-8,12-13,16H,2-4,9-11H2,1H3. The van der Waals surface area contributed by atoms with E-state index in [0.29, 0.717) is 6.61 Å². The highest BCUT2D eigenvalue weighted by Gasteiger charge is 2.27. The van der Waals surface area contributed by atoms with Gasteiger partial charge in [-0.15, -0.1) is 10.2 Å². The molecule has 1 aliphatic rings. The first-order valence-corrected chi connectivity index (χ1v) is 8.04. The molecule has 1 amide bonds. The van der Waals surface area contributed by atoms with Crippen molar-refractivity contribution in [2.75, 3.05) is 20.3 Å². The Hall–Kier alpha value is -2.21. The van der Waals surface area contributed by atoms with E-state index < -0.39 is 0 Å². The van der Waals surface area contributed by atoms with Crippen LogP contribution in [-0.2, 0) is 4.74 Å². The molecule has 1 atom stereocenters. The van der Waals surface area contributed by atoms with Gasteiger partial charge in [-0.05, 0) is 49.9 Å². The quantitative estimate of drug-likeness (QED) is 0.849. The average Bonchev–Trinajstić information content (AvgIpc) is 3.14. The Kier molecular flexibility index (Phi) is 5.02. The molecule has 0 saturated carbocycles. The molecular weight excluding hydrogens is 292 g/mol. The highest BCUT2D eigenvalue weighted by Crippen LogP contribution is 2.22. The molecule has 0 radical (unpaired) electrons. The molecule has 6 heteroatoms. The van der Waals surface area contributed by atoms with Crippen molar-refractivity contribution in [3.05, 3.63) is 42.5 Å². The van der Waals surface area contributed by atoms with Crippen LogP contribution in [0.25, 0.3) is 5.69 Å². The van der Waals surface area contributed by atoms with Crippen molar-refractivity contribution < 1.29 is 9.53 Å². The Morgan fingerprint density at radius 3 is 2.65 bits per heavy atom. The van der Waals surface area contributed by atoms with E-state index in [1.165, 1.54) is 6.42 Å². The number of benzene rings is 1. The highest BCUT2D eigenvalue weighted by atomic mass is 16.5. The summed E-state index contributed by atoms with van der Waals surface area (Å²) in [6, 6.07) is 7.88. The van der Waals surface area contributed by atoms with Crippen LogP contribution in [0.4, 0.5) is 0 Å². The SMILES string of the molecule is COCCC1CCCCN1C(=O)c1ccc(-n2cnnc2)cc1. The van der Waals surface area contributed by atoms with Crippen LogP contribution in [0.1, 0.15) is 36.0 Å². The van der Waals surface area contributed by atoms with E-state index in [1.807, 2.05) is 33.7 Å². The van der Waals surface area contributed by atoms with Crippen LogP contribution in [0.3, 0.4) is 0 Å². The number of amides is 1. The van der Waals surface area contributed by atoms with Gasteiger partial charge in [0, 0.05) is 37.6 Å². The van der Waals surface area contributed by atoms with Crippen LogP contribution in [0.2, 0.25) is 0 Å². The molecule has 2 aromatic rings. The normalized spacial score (nSPS) is 18.1. The maximum Gasteiger partial charge on any atom is 0.254 e. The number of piperidine rings is 1. The smallest absolute Gasteiger partial charge is 0.254 e. The fourth-order valence-electron chi connectivity index (χ4n) is 3.10. The summed E-state index contributed by atoms with van der Waals surface area (Å²) in [5, 5.41) is 7.59. The van der Waals surface area contributed by atoms with Crippen molar-refractivity contribution in [2.45, 2.75) is 31.7 Å². The summed E-state index contributed by atoms with van der Waals surface area (Å²) in [6.45, 7) is 1.53. The third kappa shape index (κ3) is 3.59. The molecule has 6 nitrogen and oxygen atoms in total. The topological polar surface area (TPSA) is 60.2 Å². The number of hydrogen-bond donors (Lipinski definition) is 0. The molecule has 1 aromatic carbocycles. The van der Waals surface area contributed by atoms with Crippen molar-refractivity contribution in [3.8, 4) is 5.69 Å². The number of carbonyl (C=O) groups is 1. The molecule has 3 rings (SSSR count). The molecule has 0 spiro atoms. The van der Waals surface area contributed by atoms with Gasteiger partial charge < -0.3 is 9.64 Å². The van der Waals surface area contributed by atoms with E-state index >= 15 is 0 Å². The first kappa shape index (κ1) is 15.7. The number of carbonyl (C=O) groups excluding carboxylic acids is 1. The minimum atomic E-state index is 0.112. The summed E-state index contributed by atoms with van der Waals surface area (Å²) in [6.07, 6.45) is 7.51. The molecule has 1 unspecified atom stereocenters. The maximum atomic E-state index is 12.8. The van der Waals surface area contributed by atoms with E-state index in [1.54, 1.807) is 19.8 Å². The van der Waals surface area contributed by atoms with Crippen LogP contribution in [0.5, 0.6) is 0 Å². The molecule has 0 bridgehead atoms. The lowest BCUT2D eigenvalue weighted by Gasteiger charge is -2.36. The van der Waals surface area contributed by atoms with Crippen molar-refractivity contribution in [1.82, 2.24) is 19.7 Å². The van der Waals surface area contributed by atoms with Crippen LogP contribution in [0.15, 0.2) is 36.9 Å². The molecule has 23 heavy (non-hydrogen) atoms. The lowest BCUT2D eigenvalue weighted by Crippen LogP contribution is -2.44. The predicted octanol–water partition coefficient (Wildman–Crippen LogP) is 2.30. The fourth-order valence-corrected chi connectivity index (χ4v) is 3.10. The van der Waals surface area contributed by atoms with Crippen LogP contribution >= 0.6 is 0 Å². The fraction of sp³-hybridized carbons (Fsp3) is 0.471. The molecule has 2 heterocycles. The lowest BCUT2D eigenvalue weighted by molar-refractivity contribution is 0.0553. The first-order valence-electron chi connectivity index (χ1n) is 8.04. The Morgan fingerprint density at radius 1 is 1.22 bits per heavy atom. The van der Waals surface area contributed by atoms with Crippen molar-refractivity contribution in [2.24, 2.45) is 0 Å². The summed E-state index contributed by atoms with van der Waals surface area (Å²) in [7, 11) is 1.71. The largest absolute Gasteiger partial charge is 0.385 e. The number of hydrogen-bond acceptors (Lipinski definition) is 4. The van der Waals surface area contributed by atoms with E-state index in [4.69, 9.17) is 4.74 Å². The van der Waals surface area contributed by atoms with Gasteiger partial charge in [-0.2, -0.15) is 0 Å².